The molecule has 1 aromatic carbocycles. The van der Waals surface area contributed by atoms with E-state index in [2.05, 4.69) is 10.4 Å². The van der Waals surface area contributed by atoms with Crippen LogP contribution in [-0.2, 0) is 28.9 Å². The van der Waals surface area contributed by atoms with Gasteiger partial charge in [-0.3, -0.25) is 14.4 Å². The number of hydrogen-bond acceptors (Lipinski definition) is 7. The van der Waals surface area contributed by atoms with E-state index in [9.17, 15) is 19.2 Å². The highest BCUT2D eigenvalue weighted by Gasteiger charge is 2.25. The average molecular weight is 469 g/mol. The molecule has 10 heteroatoms. The molecule has 1 aliphatic carbocycles. The van der Waals surface area contributed by atoms with Crippen LogP contribution in [-0.4, -0.2) is 34.2 Å². The van der Waals surface area contributed by atoms with E-state index in [0.29, 0.717) is 34.3 Å². The Kier molecular flexibility index (Phi) is 6.55. The third-order valence-electron chi connectivity index (χ3n) is 5.50. The van der Waals surface area contributed by atoms with Crippen molar-refractivity contribution in [2.24, 2.45) is 5.73 Å². The summed E-state index contributed by atoms with van der Waals surface area (Å²) in [6, 6.07) is 6.64. The maximum Gasteiger partial charge on any atom is 0.359 e. The Bertz CT molecular complexity index is 1310. The number of anilines is 1. The molecule has 3 aromatic rings. The van der Waals surface area contributed by atoms with Crippen LogP contribution in [0.4, 0.5) is 5.00 Å². The summed E-state index contributed by atoms with van der Waals surface area (Å²) in [5, 5.41) is 7.93. The summed E-state index contributed by atoms with van der Waals surface area (Å²) >= 11 is 1.34. The number of rotatable bonds is 7. The lowest BCUT2D eigenvalue weighted by atomic mass is 9.95. The summed E-state index contributed by atoms with van der Waals surface area (Å²) in [4.78, 5) is 50.9. The van der Waals surface area contributed by atoms with Crippen LogP contribution >= 0.6 is 11.3 Å². The molecule has 0 saturated heterocycles. The number of primary amides is 1. The molecule has 0 saturated carbocycles. The molecule has 0 fully saturated rings. The highest BCUT2D eigenvalue weighted by molar-refractivity contribution is 7.17. The molecule has 2 amide bonds. The van der Waals surface area contributed by atoms with Gasteiger partial charge in [0.2, 0.25) is 0 Å². The molecule has 33 heavy (non-hydrogen) atoms. The summed E-state index contributed by atoms with van der Waals surface area (Å²) in [6.07, 6.45) is 4.25. The minimum absolute atomic E-state index is 0.0316. The molecule has 0 bridgehead atoms. The van der Waals surface area contributed by atoms with Crippen LogP contribution in [0.2, 0.25) is 0 Å². The highest BCUT2D eigenvalue weighted by Crippen LogP contribution is 2.37. The van der Waals surface area contributed by atoms with E-state index in [1.54, 1.807) is 24.3 Å². The number of nitrogens with one attached hydrogen (secondary N) is 1. The molecular formula is C23H24N4O5S. The van der Waals surface area contributed by atoms with Gasteiger partial charge in [-0.2, -0.15) is 5.10 Å². The minimum atomic E-state index is -0.813. The number of aryl methyl sites for hydroxylation is 2. The summed E-state index contributed by atoms with van der Waals surface area (Å²) in [6.45, 7) is 1.68. The first kappa shape index (κ1) is 22.7. The highest BCUT2D eigenvalue weighted by atomic mass is 32.1. The largest absolute Gasteiger partial charge is 0.451 e. The lowest BCUT2D eigenvalue weighted by Gasteiger charge is -2.11. The second-order valence-corrected chi connectivity index (χ2v) is 8.93. The Morgan fingerprint density at radius 2 is 1.91 bits per heavy atom. The zero-order chi connectivity index (χ0) is 23.5. The number of carbonyl (C=O) groups is 3. The predicted octanol–water partition coefficient (Wildman–Crippen LogP) is 2.64. The quantitative estimate of drug-likeness (QED) is 0.512. The van der Waals surface area contributed by atoms with Crippen LogP contribution in [0.25, 0.3) is 10.8 Å². The van der Waals surface area contributed by atoms with Crippen molar-refractivity contribution in [1.29, 1.82) is 0 Å². The summed E-state index contributed by atoms with van der Waals surface area (Å²) in [5.74, 6) is -1.99. The minimum Gasteiger partial charge on any atom is -0.451 e. The number of esters is 1. The van der Waals surface area contributed by atoms with Gasteiger partial charge >= 0.3 is 5.97 Å². The Hall–Kier alpha value is -3.53. The molecule has 4 rings (SSSR count). The fraction of sp³-hybridized carbons (Fsp3) is 0.348. The van der Waals surface area contributed by atoms with Gasteiger partial charge in [0, 0.05) is 16.8 Å². The van der Waals surface area contributed by atoms with E-state index < -0.39 is 24.4 Å². The molecule has 1 aliphatic rings. The molecule has 0 unspecified atom stereocenters. The number of ether oxygens (including phenoxy) is 1. The van der Waals surface area contributed by atoms with Crippen molar-refractivity contribution < 1.29 is 19.1 Å². The second-order valence-electron chi connectivity index (χ2n) is 7.83. The van der Waals surface area contributed by atoms with Gasteiger partial charge in [-0.25, -0.2) is 9.48 Å². The van der Waals surface area contributed by atoms with Gasteiger partial charge in [-0.15, -0.1) is 11.3 Å². The monoisotopic (exact) mass is 468 g/mol. The standard InChI is InChI=1S/C23H24N4O5S/c1-2-11-27-22(30)14-8-4-3-7-13(14)19(26-27)23(31)32-12-17(28)25-21-18(20(24)29)15-9-5-6-10-16(15)33-21/h3-4,7-8H,2,5-6,9-12H2,1H3,(H2,24,29)(H,25,28). The van der Waals surface area contributed by atoms with Crippen molar-refractivity contribution >= 4 is 44.9 Å². The SMILES string of the molecule is CCCn1nc(C(=O)OCC(=O)Nc2sc3c(c2C(N)=O)CCCC3)c2ccccc2c1=O. The second kappa shape index (κ2) is 9.53. The van der Waals surface area contributed by atoms with Crippen LogP contribution in [0.15, 0.2) is 29.1 Å². The van der Waals surface area contributed by atoms with E-state index in [0.717, 1.165) is 36.1 Å². The number of nitrogens with two attached hydrogens (primary N) is 1. The van der Waals surface area contributed by atoms with Crippen molar-refractivity contribution in [2.75, 3.05) is 11.9 Å². The third kappa shape index (κ3) is 4.51. The van der Waals surface area contributed by atoms with Crippen molar-refractivity contribution in [1.82, 2.24) is 9.78 Å². The number of fused-ring (bicyclic) bond motifs is 2. The third-order valence-corrected chi connectivity index (χ3v) is 6.71. The van der Waals surface area contributed by atoms with E-state index in [-0.39, 0.29) is 11.3 Å². The van der Waals surface area contributed by atoms with E-state index >= 15 is 0 Å². The molecule has 0 aliphatic heterocycles. The Morgan fingerprint density at radius 1 is 1.18 bits per heavy atom. The molecule has 0 atom stereocenters. The predicted molar refractivity (Wildman–Crippen MR) is 125 cm³/mol. The van der Waals surface area contributed by atoms with Crippen LogP contribution < -0.4 is 16.6 Å². The smallest absolute Gasteiger partial charge is 0.359 e. The molecular weight excluding hydrogens is 444 g/mol. The summed E-state index contributed by atoms with van der Waals surface area (Å²) in [5.41, 5.74) is 6.48. The molecule has 2 aromatic heterocycles. The molecule has 0 radical (unpaired) electrons. The van der Waals surface area contributed by atoms with Crippen molar-refractivity contribution in [3.05, 3.63) is 56.3 Å². The number of thiophene rings is 1. The van der Waals surface area contributed by atoms with Crippen LogP contribution in [0, 0.1) is 0 Å². The summed E-state index contributed by atoms with van der Waals surface area (Å²) in [7, 11) is 0. The topological polar surface area (TPSA) is 133 Å². The number of amides is 2. The van der Waals surface area contributed by atoms with Gasteiger partial charge in [0.25, 0.3) is 17.4 Å². The number of nitrogens with zero attached hydrogens (tertiary/aromatic N) is 2. The van der Waals surface area contributed by atoms with E-state index in [4.69, 9.17) is 10.5 Å². The Morgan fingerprint density at radius 3 is 2.64 bits per heavy atom. The van der Waals surface area contributed by atoms with Gasteiger partial charge < -0.3 is 15.8 Å². The zero-order valence-electron chi connectivity index (χ0n) is 18.2. The van der Waals surface area contributed by atoms with Gasteiger partial charge in [-0.05, 0) is 43.7 Å². The number of aromatic nitrogens is 2. The van der Waals surface area contributed by atoms with Crippen LogP contribution in [0.5, 0.6) is 0 Å². The first-order valence-corrected chi connectivity index (χ1v) is 11.6. The molecule has 2 heterocycles. The fourth-order valence-electron chi connectivity index (χ4n) is 4.03. The van der Waals surface area contributed by atoms with Gasteiger partial charge in [-0.1, -0.05) is 25.1 Å². The number of hydrogen-bond donors (Lipinski definition) is 2. The Balaban J connectivity index is 1.52. The molecule has 9 nitrogen and oxygen atoms in total. The van der Waals surface area contributed by atoms with Crippen LogP contribution in [0.3, 0.4) is 0 Å². The average Bonchev–Trinajstić information content (AvgIpc) is 3.17. The first-order valence-electron chi connectivity index (χ1n) is 10.8. The van der Waals surface area contributed by atoms with Crippen molar-refractivity contribution in [2.45, 2.75) is 45.6 Å². The molecule has 172 valence electrons. The lowest BCUT2D eigenvalue weighted by Crippen LogP contribution is -2.28. The number of carbonyl (C=O) groups excluding carboxylic acids is 3. The van der Waals surface area contributed by atoms with E-state index in [1.807, 2.05) is 6.92 Å². The fourth-order valence-corrected chi connectivity index (χ4v) is 5.34. The van der Waals surface area contributed by atoms with Gasteiger partial charge in [0.05, 0.1) is 10.9 Å². The van der Waals surface area contributed by atoms with E-state index in [1.165, 1.54) is 16.0 Å². The van der Waals surface area contributed by atoms with Crippen molar-refractivity contribution in [3.63, 3.8) is 0 Å². The van der Waals surface area contributed by atoms with Crippen molar-refractivity contribution in [3.8, 4) is 0 Å². The van der Waals surface area contributed by atoms with Crippen LogP contribution in [0.1, 0.15) is 57.5 Å². The zero-order valence-corrected chi connectivity index (χ0v) is 19.0. The normalized spacial score (nSPS) is 12.9. The maximum atomic E-state index is 12.8. The van der Waals surface area contributed by atoms with Gasteiger partial charge in [0.1, 0.15) is 5.00 Å². The molecule has 0 spiro atoms. The maximum absolute atomic E-state index is 12.8. The molecule has 3 N–H and O–H groups in total. The lowest BCUT2D eigenvalue weighted by molar-refractivity contribution is -0.119. The van der Waals surface area contributed by atoms with Gasteiger partial charge in [0.15, 0.2) is 12.3 Å². The number of benzene rings is 1. The Labute approximate surface area is 193 Å². The first-order chi connectivity index (χ1) is 15.9. The summed E-state index contributed by atoms with van der Waals surface area (Å²) < 4.78 is 6.44.